The molecule has 5 aromatic rings. The minimum absolute atomic E-state index is 0.0464. The maximum absolute atomic E-state index is 14.4. The van der Waals surface area contributed by atoms with E-state index in [1.807, 2.05) is 55.5 Å². The summed E-state index contributed by atoms with van der Waals surface area (Å²) in [6, 6.07) is 19.8. The summed E-state index contributed by atoms with van der Waals surface area (Å²) in [5, 5.41) is 0. The van der Waals surface area contributed by atoms with Crippen molar-refractivity contribution in [2.45, 2.75) is 20.0 Å². The van der Waals surface area contributed by atoms with Gasteiger partial charge in [0.15, 0.2) is 11.2 Å². The average Bonchev–Trinajstić information content (AvgIpc) is 3.23. The molecule has 5 rings (SSSR count). The topological polar surface area (TPSA) is 61.8 Å². The Balaban J connectivity index is 1.77. The Morgan fingerprint density at radius 1 is 0.882 bits per heavy atom. The molecule has 0 saturated heterocycles. The first-order valence-corrected chi connectivity index (χ1v) is 10.7. The molecule has 0 aliphatic carbocycles. The first-order chi connectivity index (χ1) is 16.4. The van der Waals surface area contributed by atoms with Crippen LogP contribution in [0.2, 0.25) is 0 Å². The fourth-order valence-electron chi connectivity index (χ4n) is 4.04. The number of hydrogen-bond acceptors (Lipinski definition) is 3. The molecule has 0 N–H and O–H groups in total. The molecule has 0 aliphatic rings. The van der Waals surface area contributed by atoms with E-state index in [0.717, 1.165) is 27.8 Å². The molecule has 0 fully saturated rings. The molecule has 3 aromatic carbocycles. The molecule has 170 valence electrons. The molecule has 6 nitrogen and oxygen atoms in total. The molecule has 2 heterocycles. The van der Waals surface area contributed by atoms with E-state index in [1.165, 1.54) is 21.5 Å². The number of aromatic nitrogens is 4. The molecule has 0 atom stereocenters. The molecule has 0 saturated carbocycles. The number of aryl methyl sites for hydroxylation is 1. The number of hydrogen-bond donors (Lipinski definition) is 0. The molecule has 0 amide bonds. The number of imidazole rings is 1. The number of fused-ring (bicyclic) bond motifs is 1. The first-order valence-electron chi connectivity index (χ1n) is 10.7. The van der Waals surface area contributed by atoms with Gasteiger partial charge in [0.05, 0.1) is 25.1 Å². The highest BCUT2D eigenvalue weighted by Gasteiger charge is 2.20. The number of halogens is 2. The van der Waals surface area contributed by atoms with Gasteiger partial charge in [-0.25, -0.2) is 23.1 Å². The van der Waals surface area contributed by atoms with E-state index in [4.69, 9.17) is 0 Å². The van der Waals surface area contributed by atoms with Crippen molar-refractivity contribution in [2.24, 2.45) is 0 Å². The highest BCUT2D eigenvalue weighted by Crippen LogP contribution is 2.17. The van der Waals surface area contributed by atoms with Gasteiger partial charge < -0.3 is 4.57 Å². The van der Waals surface area contributed by atoms with Crippen LogP contribution < -0.4 is 11.2 Å². The second kappa shape index (κ2) is 8.55. The van der Waals surface area contributed by atoms with Crippen molar-refractivity contribution < 1.29 is 8.78 Å². The van der Waals surface area contributed by atoms with Crippen LogP contribution in [-0.2, 0) is 13.1 Å². The van der Waals surface area contributed by atoms with Gasteiger partial charge >= 0.3 is 5.69 Å². The maximum atomic E-state index is 14.4. The van der Waals surface area contributed by atoms with Gasteiger partial charge in [-0.1, -0.05) is 48.5 Å². The van der Waals surface area contributed by atoms with Crippen molar-refractivity contribution in [2.75, 3.05) is 0 Å². The van der Waals surface area contributed by atoms with Crippen LogP contribution in [0.4, 0.5) is 8.78 Å². The predicted octanol–water partition coefficient (Wildman–Crippen LogP) is 4.03. The van der Waals surface area contributed by atoms with Crippen LogP contribution >= 0.6 is 0 Å². The van der Waals surface area contributed by atoms with Gasteiger partial charge in [-0.15, -0.1) is 0 Å². The number of nitrogens with zero attached hydrogens (tertiary/aromatic N) is 4. The highest BCUT2D eigenvalue weighted by atomic mass is 19.1. The summed E-state index contributed by atoms with van der Waals surface area (Å²) in [5.41, 5.74) is 1.75. The third-order valence-electron chi connectivity index (χ3n) is 5.70. The molecule has 8 heteroatoms. The molecule has 2 aromatic heterocycles. The Kier molecular flexibility index (Phi) is 5.41. The van der Waals surface area contributed by atoms with Gasteiger partial charge in [0.2, 0.25) is 0 Å². The van der Waals surface area contributed by atoms with Gasteiger partial charge in [0.25, 0.3) is 5.56 Å². The summed E-state index contributed by atoms with van der Waals surface area (Å²) in [5.74, 6) is -1.41. The van der Waals surface area contributed by atoms with Gasteiger partial charge in [-0.2, -0.15) is 0 Å². The van der Waals surface area contributed by atoms with Crippen molar-refractivity contribution in [3.63, 3.8) is 0 Å². The van der Waals surface area contributed by atoms with Crippen molar-refractivity contribution in [1.29, 1.82) is 0 Å². The smallest absolute Gasteiger partial charge is 0.320 e. The lowest BCUT2D eigenvalue weighted by Crippen LogP contribution is -2.40. The molecule has 34 heavy (non-hydrogen) atoms. The van der Waals surface area contributed by atoms with Crippen LogP contribution in [0.5, 0.6) is 0 Å². The average molecular weight is 458 g/mol. The second-order valence-electron chi connectivity index (χ2n) is 8.11. The largest absolute Gasteiger partial charge is 0.337 e. The minimum atomic E-state index is -0.724. The summed E-state index contributed by atoms with van der Waals surface area (Å²) in [4.78, 5) is 31.5. The third kappa shape index (κ3) is 3.83. The first kappa shape index (κ1) is 21.5. The van der Waals surface area contributed by atoms with E-state index >= 15 is 0 Å². The van der Waals surface area contributed by atoms with Gasteiger partial charge in [-0.3, -0.25) is 9.36 Å². The lowest BCUT2D eigenvalue weighted by Gasteiger charge is -2.13. The molecule has 0 spiro atoms. The highest BCUT2D eigenvalue weighted by molar-refractivity contribution is 5.72. The van der Waals surface area contributed by atoms with Gasteiger partial charge in [0, 0.05) is 11.6 Å². The lowest BCUT2D eigenvalue weighted by atomic mass is 10.2. The zero-order chi connectivity index (χ0) is 23.8. The predicted molar refractivity (Wildman–Crippen MR) is 125 cm³/mol. The summed E-state index contributed by atoms with van der Waals surface area (Å²) in [6.45, 7) is 1.92. The lowest BCUT2D eigenvalue weighted by molar-refractivity contribution is 0.567. The van der Waals surface area contributed by atoms with E-state index < -0.39 is 22.9 Å². The Bertz CT molecular complexity index is 1640. The summed E-state index contributed by atoms with van der Waals surface area (Å²) in [6.07, 6.45) is 1.40. The monoisotopic (exact) mass is 458 g/mol. The van der Waals surface area contributed by atoms with Gasteiger partial charge in [0.1, 0.15) is 11.6 Å². The van der Waals surface area contributed by atoms with E-state index in [2.05, 4.69) is 4.98 Å². The Morgan fingerprint density at radius 3 is 2.41 bits per heavy atom. The van der Waals surface area contributed by atoms with Crippen molar-refractivity contribution in [1.82, 2.24) is 18.7 Å². The summed E-state index contributed by atoms with van der Waals surface area (Å²) < 4.78 is 31.8. The fourth-order valence-corrected chi connectivity index (χ4v) is 4.04. The van der Waals surface area contributed by atoms with E-state index in [1.54, 1.807) is 6.07 Å². The van der Waals surface area contributed by atoms with Crippen molar-refractivity contribution in [3.05, 3.63) is 128 Å². The van der Waals surface area contributed by atoms with Crippen LogP contribution in [-0.4, -0.2) is 18.7 Å². The van der Waals surface area contributed by atoms with Crippen LogP contribution in [0.3, 0.4) is 0 Å². The van der Waals surface area contributed by atoms with E-state index in [9.17, 15) is 18.4 Å². The molecule has 0 unspecified atom stereocenters. The number of benzene rings is 3. The zero-order valence-corrected chi connectivity index (χ0v) is 18.3. The number of rotatable bonds is 5. The minimum Gasteiger partial charge on any atom is -0.320 e. The Labute approximate surface area is 193 Å². The van der Waals surface area contributed by atoms with Crippen LogP contribution in [0.15, 0.2) is 88.7 Å². The van der Waals surface area contributed by atoms with Crippen LogP contribution in [0.25, 0.3) is 16.9 Å². The standard InChI is InChI=1S/C26H20F2N4O2/c1-17-6-5-9-21(12-17)32-24-23(25(33)31(26(32)34)14-18-7-3-2-4-8-18)30(16-29-24)15-19-10-11-20(27)13-22(19)28/h2-13,16H,14-15H2,1H3. The third-order valence-corrected chi connectivity index (χ3v) is 5.70. The van der Waals surface area contributed by atoms with Crippen molar-refractivity contribution in [3.8, 4) is 5.69 Å². The van der Waals surface area contributed by atoms with Gasteiger partial charge in [-0.05, 0) is 36.2 Å². The summed E-state index contributed by atoms with van der Waals surface area (Å²) >= 11 is 0. The zero-order valence-electron chi connectivity index (χ0n) is 18.3. The van der Waals surface area contributed by atoms with E-state index in [0.29, 0.717) is 5.69 Å². The Hall–Kier alpha value is -4.33. The van der Waals surface area contributed by atoms with E-state index in [-0.39, 0.29) is 29.8 Å². The van der Waals surface area contributed by atoms with Crippen LogP contribution in [0.1, 0.15) is 16.7 Å². The SMILES string of the molecule is Cc1cccc(-n2c(=O)n(Cc3ccccc3)c(=O)c3c2ncn3Cc2ccc(F)cc2F)c1. The second-order valence-corrected chi connectivity index (χ2v) is 8.11. The molecule has 0 aliphatic heterocycles. The molecular formula is C26H20F2N4O2. The quantitative estimate of drug-likeness (QED) is 0.400. The van der Waals surface area contributed by atoms with Crippen molar-refractivity contribution >= 4 is 11.2 Å². The molecular weight excluding hydrogens is 438 g/mol. The molecule has 0 radical (unpaired) electrons. The fraction of sp³-hybridized carbons (Fsp3) is 0.115. The maximum Gasteiger partial charge on any atom is 0.337 e. The normalized spacial score (nSPS) is 11.3. The Morgan fingerprint density at radius 2 is 1.68 bits per heavy atom. The summed E-state index contributed by atoms with van der Waals surface area (Å²) in [7, 11) is 0. The molecule has 0 bridgehead atoms. The van der Waals surface area contributed by atoms with Crippen LogP contribution in [0, 0.1) is 18.6 Å².